The van der Waals surface area contributed by atoms with E-state index in [1.54, 1.807) is 0 Å². The van der Waals surface area contributed by atoms with E-state index in [1.165, 1.54) is 18.4 Å². The number of nitrogens with zero attached hydrogens (tertiary/aromatic N) is 1. The van der Waals surface area contributed by atoms with Crippen LogP contribution in [0.2, 0.25) is 0 Å². The van der Waals surface area contributed by atoms with Gasteiger partial charge in [0.2, 0.25) is 5.88 Å². The van der Waals surface area contributed by atoms with Gasteiger partial charge in [0.05, 0.1) is 6.61 Å². The van der Waals surface area contributed by atoms with Crippen LogP contribution < -0.4 is 10.1 Å². The molecule has 1 saturated heterocycles. The standard InChI is InChI=1S/C12H18N2O/c1-10-4-5-12(14-7-10)15-9-11-3-2-6-13-8-11/h4-5,7,11,13H,2-3,6,8-9H2,1H3/t11-/m0/s1. The van der Waals surface area contributed by atoms with E-state index in [-0.39, 0.29) is 0 Å². The predicted octanol–water partition coefficient (Wildman–Crippen LogP) is 1.77. The van der Waals surface area contributed by atoms with E-state index in [1.807, 2.05) is 25.3 Å². The maximum atomic E-state index is 5.65. The first kappa shape index (κ1) is 10.4. The van der Waals surface area contributed by atoms with Gasteiger partial charge in [-0.3, -0.25) is 0 Å². The van der Waals surface area contributed by atoms with Gasteiger partial charge in [-0.05, 0) is 31.9 Å². The van der Waals surface area contributed by atoms with E-state index in [0.29, 0.717) is 5.92 Å². The lowest BCUT2D eigenvalue weighted by Crippen LogP contribution is -2.33. The summed E-state index contributed by atoms with van der Waals surface area (Å²) in [6, 6.07) is 3.97. The maximum Gasteiger partial charge on any atom is 0.213 e. The van der Waals surface area contributed by atoms with Gasteiger partial charge >= 0.3 is 0 Å². The van der Waals surface area contributed by atoms with Crippen LogP contribution >= 0.6 is 0 Å². The average Bonchev–Trinajstić information content (AvgIpc) is 2.30. The van der Waals surface area contributed by atoms with Gasteiger partial charge in [0.1, 0.15) is 0 Å². The van der Waals surface area contributed by atoms with Gasteiger partial charge in [0.15, 0.2) is 0 Å². The first-order valence-electron chi connectivity index (χ1n) is 5.61. The zero-order valence-electron chi connectivity index (χ0n) is 9.20. The number of nitrogens with one attached hydrogen (secondary N) is 1. The molecule has 0 radical (unpaired) electrons. The summed E-state index contributed by atoms with van der Waals surface area (Å²) in [7, 11) is 0. The van der Waals surface area contributed by atoms with Crippen molar-refractivity contribution in [2.45, 2.75) is 19.8 Å². The minimum absolute atomic E-state index is 0.641. The first-order chi connectivity index (χ1) is 7.34. The van der Waals surface area contributed by atoms with Crippen LogP contribution in [0.1, 0.15) is 18.4 Å². The molecule has 0 amide bonds. The average molecular weight is 206 g/mol. The Morgan fingerprint density at radius 3 is 3.13 bits per heavy atom. The molecule has 1 aliphatic rings. The highest BCUT2D eigenvalue weighted by molar-refractivity contribution is 5.16. The zero-order valence-corrected chi connectivity index (χ0v) is 9.20. The molecule has 0 unspecified atom stereocenters. The minimum Gasteiger partial charge on any atom is -0.477 e. The van der Waals surface area contributed by atoms with Crippen LogP contribution in [0.4, 0.5) is 0 Å². The molecule has 2 rings (SSSR count). The van der Waals surface area contributed by atoms with E-state index in [2.05, 4.69) is 10.3 Å². The SMILES string of the molecule is Cc1ccc(OC[C@H]2CCCNC2)nc1. The number of aromatic nitrogens is 1. The minimum atomic E-state index is 0.641. The van der Waals surface area contributed by atoms with Gasteiger partial charge in [-0.2, -0.15) is 0 Å². The van der Waals surface area contributed by atoms with Crippen LogP contribution in [0.15, 0.2) is 18.3 Å². The number of piperidine rings is 1. The molecule has 1 aliphatic heterocycles. The molecule has 0 aliphatic carbocycles. The van der Waals surface area contributed by atoms with Crippen LogP contribution in [0.25, 0.3) is 0 Å². The van der Waals surface area contributed by atoms with E-state index < -0.39 is 0 Å². The lowest BCUT2D eigenvalue weighted by atomic mass is 10.0. The molecule has 0 spiro atoms. The van der Waals surface area contributed by atoms with Gasteiger partial charge in [-0.15, -0.1) is 0 Å². The molecular weight excluding hydrogens is 188 g/mol. The number of aryl methyl sites for hydroxylation is 1. The molecule has 3 heteroatoms. The maximum absolute atomic E-state index is 5.65. The highest BCUT2D eigenvalue weighted by Crippen LogP contribution is 2.13. The summed E-state index contributed by atoms with van der Waals surface area (Å²) < 4.78 is 5.65. The predicted molar refractivity (Wildman–Crippen MR) is 60.1 cm³/mol. The Morgan fingerprint density at radius 1 is 1.53 bits per heavy atom. The van der Waals surface area contributed by atoms with Gasteiger partial charge in [0.25, 0.3) is 0 Å². The van der Waals surface area contributed by atoms with Crippen molar-refractivity contribution in [2.24, 2.45) is 5.92 Å². The van der Waals surface area contributed by atoms with Crippen LogP contribution in [0.3, 0.4) is 0 Å². The highest BCUT2D eigenvalue weighted by atomic mass is 16.5. The topological polar surface area (TPSA) is 34.1 Å². The third-order valence-electron chi connectivity index (χ3n) is 2.75. The molecule has 1 N–H and O–H groups in total. The summed E-state index contributed by atoms with van der Waals surface area (Å²) in [4.78, 5) is 4.22. The van der Waals surface area contributed by atoms with Crippen molar-refractivity contribution in [2.75, 3.05) is 19.7 Å². The number of hydrogen-bond acceptors (Lipinski definition) is 3. The second-order valence-corrected chi connectivity index (χ2v) is 4.20. The van der Waals surface area contributed by atoms with Crippen LogP contribution in [-0.2, 0) is 0 Å². The largest absolute Gasteiger partial charge is 0.477 e. The third-order valence-corrected chi connectivity index (χ3v) is 2.75. The molecule has 1 fully saturated rings. The van der Waals surface area contributed by atoms with Crippen molar-refractivity contribution >= 4 is 0 Å². The molecule has 2 heterocycles. The Hall–Kier alpha value is -1.09. The summed E-state index contributed by atoms with van der Waals surface area (Å²) in [5.41, 5.74) is 1.17. The Morgan fingerprint density at radius 2 is 2.47 bits per heavy atom. The second kappa shape index (κ2) is 5.12. The quantitative estimate of drug-likeness (QED) is 0.818. The van der Waals surface area contributed by atoms with Crippen LogP contribution in [-0.4, -0.2) is 24.7 Å². The van der Waals surface area contributed by atoms with Crippen molar-refractivity contribution in [3.05, 3.63) is 23.9 Å². The third kappa shape index (κ3) is 3.20. The van der Waals surface area contributed by atoms with E-state index in [9.17, 15) is 0 Å². The van der Waals surface area contributed by atoms with Gasteiger partial charge in [0, 0.05) is 24.7 Å². The molecule has 0 saturated carbocycles. The Kier molecular flexibility index (Phi) is 3.56. The molecule has 3 nitrogen and oxygen atoms in total. The lowest BCUT2D eigenvalue weighted by molar-refractivity contribution is 0.212. The normalized spacial score (nSPS) is 21.3. The van der Waals surface area contributed by atoms with Gasteiger partial charge in [-0.25, -0.2) is 4.98 Å². The molecule has 0 bridgehead atoms. The van der Waals surface area contributed by atoms with Crippen molar-refractivity contribution in [3.63, 3.8) is 0 Å². The van der Waals surface area contributed by atoms with E-state index in [4.69, 9.17) is 4.74 Å². The molecule has 1 atom stereocenters. The van der Waals surface area contributed by atoms with Crippen LogP contribution in [0.5, 0.6) is 5.88 Å². The Bertz CT molecular complexity index is 291. The fraction of sp³-hybridized carbons (Fsp3) is 0.583. The van der Waals surface area contributed by atoms with Crippen molar-refractivity contribution in [1.29, 1.82) is 0 Å². The monoisotopic (exact) mass is 206 g/mol. The second-order valence-electron chi connectivity index (χ2n) is 4.20. The molecular formula is C12H18N2O. The van der Waals surface area contributed by atoms with Gasteiger partial charge < -0.3 is 10.1 Å². The molecule has 15 heavy (non-hydrogen) atoms. The summed E-state index contributed by atoms with van der Waals surface area (Å²) >= 11 is 0. The first-order valence-corrected chi connectivity index (χ1v) is 5.61. The summed E-state index contributed by atoms with van der Waals surface area (Å²) in [5, 5.41) is 3.38. The highest BCUT2D eigenvalue weighted by Gasteiger charge is 2.13. The summed E-state index contributed by atoms with van der Waals surface area (Å²) in [6.45, 7) is 5.04. The zero-order chi connectivity index (χ0) is 10.5. The fourth-order valence-corrected chi connectivity index (χ4v) is 1.81. The Balaban J connectivity index is 1.79. The molecule has 0 aromatic carbocycles. The van der Waals surface area contributed by atoms with Crippen molar-refractivity contribution in [1.82, 2.24) is 10.3 Å². The number of ether oxygens (including phenoxy) is 1. The number of hydrogen-bond donors (Lipinski definition) is 1. The van der Waals surface area contributed by atoms with E-state index >= 15 is 0 Å². The number of pyridine rings is 1. The fourth-order valence-electron chi connectivity index (χ4n) is 1.81. The van der Waals surface area contributed by atoms with Gasteiger partial charge in [-0.1, -0.05) is 6.07 Å². The summed E-state index contributed by atoms with van der Waals surface area (Å²) in [6.07, 6.45) is 4.36. The molecule has 1 aromatic heterocycles. The van der Waals surface area contributed by atoms with E-state index in [0.717, 1.165) is 25.6 Å². The van der Waals surface area contributed by atoms with Crippen LogP contribution in [0, 0.1) is 12.8 Å². The molecule has 82 valence electrons. The Labute approximate surface area is 90.9 Å². The smallest absolute Gasteiger partial charge is 0.213 e. The van der Waals surface area contributed by atoms with Crippen molar-refractivity contribution in [3.8, 4) is 5.88 Å². The molecule has 1 aromatic rings. The number of rotatable bonds is 3. The van der Waals surface area contributed by atoms with Crippen molar-refractivity contribution < 1.29 is 4.74 Å². The lowest BCUT2D eigenvalue weighted by Gasteiger charge is -2.22. The summed E-state index contributed by atoms with van der Waals surface area (Å²) in [5.74, 6) is 1.38.